The van der Waals surface area contributed by atoms with Crippen molar-refractivity contribution in [3.8, 4) is 0 Å². The van der Waals surface area contributed by atoms with E-state index in [1.165, 1.54) is 6.07 Å². The Morgan fingerprint density at radius 2 is 2.00 bits per heavy atom. The zero-order valence-corrected chi connectivity index (χ0v) is 10.6. The number of hydrogen-bond donors (Lipinski definition) is 2. The van der Waals surface area contributed by atoms with E-state index < -0.39 is 5.82 Å². The summed E-state index contributed by atoms with van der Waals surface area (Å²) in [5.41, 5.74) is 13.5. The molecule has 0 fully saturated rings. The van der Waals surface area contributed by atoms with Gasteiger partial charge in [0.2, 0.25) is 0 Å². The Labute approximate surface area is 111 Å². The minimum absolute atomic E-state index is 0.357. The number of rotatable bonds is 3. The summed E-state index contributed by atoms with van der Waals surface area (Å²) in [7, 11) is 1.75. The lowest BCUT2D eigenvalue weighted by molar-refractivity contribution is 0.628. The van der Waals surface area contributed by atoms with E-state index in [2.05, 4.69) is 11.6 Å². The van der Waals surface area contributed by atoms with Gasteiger partial charge in [0.25, 0.3) is 0 Å². The van der Waals surface area contributed by atoms with Gasteiger partial charge in [-0.25, -0.2) is 9.37 Å². The molecule has 0 unspecified atom stereocenters. The molecular weight excluding hydrogens is 243 g/mol. The van der Waals surface area contributed by atoms with E-state index in [9.17, 15) is 4.39 Å². The maximum atomic E-state index is 13.9. The Hall–Kier alpha value is -2.56. The van der Waals surface area contributed by atoms with Crippen LogP contribution in [0.5, 0.6) is 0 Å². The molecule has 0 saturated carbocycles. The zero-order valence-electron chi connectivity index (χ0n) is 10.6. The number of halogens is 1. The smallest absolute Gasteiger partial charge is 0.148 e. The van der Waals surface area contributed by atoms with Crippen LogP contribution in [-0.4, -0.2) is 12.0 Å². The molecule has 0 saturated heterocycles. The molecule has 4 nitrogen and oxygen atoms in total. The summed E-state index contributed by atoms with van der Waals surface area (Å²) in [6.07, 6.45) is 3.17. The molecule has 0 spiro atoms. The summed E-state index contributed by atoms with van der Waals surface area (Å²) in [6.45, 7) is 3.70. The number of aromatic nitrogens is 1. The highest BCUT2D eigenvalue weighted by molar-refractivity contribution is 5.78. The quantitative estimate of drug-likeness (QED) is 0.831. The highest BCUT2D eigenvalue weighted by atomic mass is 19.1. The van der Waals surface area contributed by atoms with Crippen molar-refractivity contribution in [1.82, 2.24) is 4.98 Å². The Morgan fingerprint density at radius 1 is 1.26 bits per heavy atom. The lowest BCUT2D eigenvalue weighted by atomic mass is 10.1. The predicted molar refractivity (Wildman–Crippen MR) is 77.6 cm³/mol. The highest BCUT2D eigenvalue weighted by Gasteiger charge is 2.13. The minimum Gasteiger partial charge on any atom is -0.399 e. The second kappa shape index (κ2) is 4.97. The third-order valence-electron chi connectivity index (χ3n) is 2.90. The molecule has 0 radical (unpaired) electrons. The van der Waals surface area contributed by atoms with Crippen LogP contribution in [0.4, 0.5) is 27.3 Å². The van der Waals surface area contributed by atoms with Crippen molar-refractivity contribution < 1.29 is 4.39 Å². The summed E-state index contributed by atoms with van der Waals surface area (Å²) in [4.78, 5) is 5.67. The van der Waals surface area contributed by atoms with Gasteiger partial charge in [-0.2, -0.15) is 0 Å². The number of hydrogen-bond acceptors (Lipinski definition) is 4. The largest absolute Gasteiger partial charge is 0.399 e. The van der Waals surface area contributed by atoms with E-state index in [1.807, 2.05) is 0 Å². The van der Waals surface area contributed by atoms with Gasteiger partial charge in [-0.3, -0.25) is 0 Å². The van der Waals surface area contributed by atoms with E-state index in [1.54, 1.807) is 42.4 Å². The van der Waals surface area contributed by atoms with Crippen molar-refractivity contribution in [3.63, 3.8) is 0 Å². The van der Waals surface area contributed by atoms with Crippen LogP contribution in [0.3, 0.4) is 0 Å². The van der Waals surface area contributed by atoms with Gasteiger partial charge in [0.05, 0.1) is 11.4 Å². The molecule has 0 amide bonds. The molecule has 2 rings (SSSR count). The fourth-order valence-electron chi connectivity index (χ4n) is 1.91. The lowest BCUT2D eigenvalue weighted by Gasteiger charge is -2.22. The number of nitrogens with two attached hydrogens (primary N) is 2. The van der Waals surface area contributed by atoms with E-state index in [0.717, 1.165) is 5.69 Å². The second-order valence-electron chi connectivity index (χ2n) is 4.10. The molecule has 5 heteroatoms. The van der Waals surface area contributed by atoms with Gasteiger partial charge in [0, 0.05) is 24.5 Å². The number of nitrogens with zero attached hydrogens (tertiary/aromatic N) is 2. The summed E-state index contributed by atoms with van der Waals surface area (Å²) < 4.78 is 13.9. The van der Waals surface area contributed by atoms with Crippen molar-refractivity contribution in [3.05, 3.63) is 48.4 Å². The van der Waals surface area contributed by atoms with Gasteiger partial charge in [-0.15, -0.1) is 0 Å². The van der Waals surface area contributed by atoms with Crippen LogP contribution in [0.2, 0.25) is 0 Å². The molecular formula is C14H15FN4. The Balaban J connectivity index is 2.52. The van der Waals surface area contributed by atoms with Crippen LogP contribution in [0.1, 0.15) is 5.56 Å². The fourth-order valence-corrected chi connectivity index (χ4v) is 1.91. The van der Waals surface area contributed by atoms with Crippen LogP contribution in [0, 0.1) is 5.82 Å². The number of nitrogen functional groups attached to an aromatic ring is 2. The highest BCUT2D eigenvalue weighted by Crippen LogP contribution is 2.32. The van der Waals surface area contributed by atoms with Gasteiger partial charge in [-0.05, 0) is 24.3 Å². The molecule has 19 heavy (non-hydrogen) atoms. The van der Waals surface area contributed by atoms with E-state index in [4.69, 9.17) is 11.5 Å². The first-order chi connectivity index (χ1) is 9.04. The molecule has 0 aliphatic carbocycles. The van der Waals surface area contributed by atoms with Crippen molar-refractivity contribution in [2.45, 2.75) is 0 Å². The van der Waals surface area contributed by atoms with Crippen molar-refractivity contribution in [1.29, 1.82) is 0 Å². The first-order valence-electron chi connectivity index (χ1n) is 5.70. The zero-order chi connectivity index (χ0) is 14.0. The van der Waals surface area contributed by atoms with Gasteiger partial charge in [-0.1, -0.05) is 12.7 Å². The van der Waals surface area contributed by atoms with Crippen LogP contribution < -0.4 is 16.4 Å². The molecule has 1 aromatic heterocycles. The summed E-state index contributed by atoms with van der Waals surface area (Å²) in [5, 5.41) is 0. The van der Waals surface area contributed by atoms with E-state index in [0.29, 0.717) is 22.8 Å². The van der Waals surface area contributed by atoms with Gasteiger partial charge in [0.1, 0.15) is 11.6 Å². The van der Waals surface area contributed by atoms with E-state index in [-0.39, 0.29) is 0 Å². The topological polar surface area (TPSA) is 68.2 Å². The third-order valence-corrected chi connectivity index (χ3v) is 2.90. The molecule has 2 aromatic rings. The third kappa shape index (κ3) is 2.35. The maximum Gasteiger partial charge on any atom is 0.148 e. The molecule has 1 aromatic carbocycles. The molecule has 98 valence electrons. The number of anilines is 4. The maximum absolute atomic E-state index is 13.9. The normalized spacial score (nSPS) is 10.2. The minimum atomic E-state index is -0.395. The van der Waals surface area contributed by atoms with Crippen LogP contribution in [-0.2, 0) is 0 Å². The van der Waals surface area contributed by atoms with Crippen molar-refractivity contribution in [2.75, 3.05) is 23.4 Å². The van der Waals surface area contributed by atoms with Crippen LogP contribution >= 0.6 is 0 Å². The first-order valence-corrected chi connectivity index (χ1v) is 5.70. The average molecular weight is 258 g/mol. The molecule has 0 bridgehead atoms. The second-order valence-corrected chi connectivity index (χ2v) is 4.10. The van der Waals surface area contributed by atoms with Gasteiger partial charge < -0.3 is 16.4 Å². The van der Waals surface area contributed by atoms with Crippen molar-refractivity contribution in [2.24, 2.45) is 0 Å². The van der Waals surface area contributed by atoms with Gasteiger partial charge in [0.15, 0.2) is 0 Å². The van der Waals surface area contributed by atoms with Crippen LogP contribution in [0.15, 0.2) is 37.0 Å². The molecule has 1 heterocycles. The standard InChI is InChI=1S/C14H15FN4/c1-3-10-12(6-7-18-14(10)17)19(2)13-5-4-9(16)8-11(13)15/h3-8H,1,16H2,2H3,(H2,17,18). The number of pyridine rings is 1. The van der Waals surface area contributed by atoms with Gasteiger partial charge >= 0.3 is 0 Å². The Kier molecular flexibility index (Phi) is 3.37. The average Bonchev–Trinajstić information content (AvgIpc) is 2.37. The van der Waals surface area contributed by atoms with E-state index >= 15 is 0 Å². The molecule has 0 atom stereocenters. The lowest BCUT2D eigenvalue weighted by Crippen LogP contribution is -2.14. The monoisotopic (exact) mass is 258 g/mol. The Morgan fingerprint density at radius 3 is 2.63 bits per heavy atom. The van der Waals surface area contributed by atoms with Crippen molar-refractivity contribution >= 4 is 29.0 Å². The summed E-state index contributed by atoms with van der Waals surface area (Å²) in [6, 6.07) is 6.30. The summed E-state index contributed by atoms with van der Waals surface area (Å²) in [5.74, 6) is -0.0388. The first kappa shape index (κ1) is 12.9. The Bertz CT molecular complexity index is 625. The predicted octanol–water partition coefficient (Wildman–Crippen LogP) is 2.80. The fraction of sp³-hybridized carbons (Fsp3) is 0.0714. The molecule has 0 aliphatic rings. The number of benzene rings is 1. The molecule has 4 N–H and O–H groups in total. The molecule has 0 aliphatic heterocycles. The summed E-state index contributed by atoms with van der Waals surface area (Å²) >= 11 is 0. The SMILES string of the molecule is C=Cc1c(N(C)c2ccc(N)cc2F)ccnc1N. The van der Waals surface area contributed by atoms with Crippen LogP contribution in [0.25, 0.3) is 6.08 Å².